The number of nitrogens with zero attached hydrogens (tertiary/aromatic N) is 1. The Balaban J connectivity index is 2.18. The Bertz CT molecular complexity index is 532. The molecule has 0 aliphatic heterocycles. The SMILES string of the molecule is CCOC1CC(Nc2ccc(C)cc2[N+](=O)[O-])C1(C)CC. The smallest absolute Gasteiger partial charge is 0.292 e. The summed E-state index contributed by atoms with van der Waals surface area (Å²) in [6.07, 6.45) is 2.10. The molecule has 1 N–H and O–H groups in total. The molecule has 0 radical (unpaired) electrons. The average molecular weight is 292 g/mol. The molecule has 1 saturated carbocycles. The van der Waals surface area contributed by atoms with Crippen molar-refractivity contribution < 1.29 is 9.66 Å². The molecule has 1 aromatic rings. The molecule has 1 fully saturated rings. The zero-order chi connectivity index (χ0) is 15.6. The Labute approximate surface area is 125 Å². The molecule has 21 heavy (non-hydrogen) atoms. The number of benzene rings is 1. The Morgan fingerprint density at radius 3 is 2.76 bits per heavy atom. The first-order valence-corrected chi connectivity index (χ1v) is 7.55. The van der Waals surface area contributed by atoms with Crippen LogP contribution in [0.25, 0.3) is 0 Å². The average Bonchev–Trinajstić information content (AvgIpc) is 2.46. The quantitative estimate of drug-likeness (QED) is 0.637. The van der Waals surface area contributed by atoms with Gasteiger partial charge in [-0.2, -0.15) is 0 Å². The van der Waals surface area contributed by atoms with Crippen LogP contribution in [0.2, 0.25) is 0 Å². The molecular formula is C16H24N2O3. The Morgan fingerprint density at radius 2 is 2.19 bits per heavy atom. The third-order valence-corrected chi connectivity index (χ3v) is 4.79. The van der Waals surface area contributed by atoms with Crippen LogP contribution < -0.4 is 5.32 Å². The van der Waals surface area contributed by atoms with Gasteiger partial charge in [-0.05, 0) is 38.3 Å². The van der Waals surface area contributed by atoms with Crippen molar-refractivity contribution in [1.82, 2.24) is 0 Å². The van der Waals surface area contributed by atoms with Crippen LogP contribution in [-0.2, 0) is 4.74 Å². The molecule has 1 aliphatic rings. The van der Waals surface area contributed by atoms with Crippen LogP contribution >= 0.6 is 0 Å². The van der Waals surface area contributed by atoms with Crippen molar-refractivity contribution in [2.75, 3.05) is 11.9 Å². The summed E-state index contributed by atoms with van der Waals surface area (Å²) in [4.78, 5) is 10.9. The summed E-state index contributed by atoms with van der Waals surface area (Å²) in [5, 5.41) is 14.6. The molecule has 116 valence electrons. The Kier molecular flexibility index (Phi) is 4.52. The topological polar surface area (TPSA) is 64.4 Å². The molecule has 2 rings (SSSR count). The highest BCUT2D eigenvalue weighted by molar-refractivity contribution is 5.63. The molecule has 0 bridgehead atoms. The van der Waals surface area contributed by atoms with E-state index in [1.54, 1.807) is 12.1 Å². The highest BCUT2D eigenvalue weighted by atomic mass is 16.6. The summed E-state index contributed by atoms with van der Waals surface area (Å²) in [6, 6.07) is 5.53. The number of aryl methyl sites for hydroxylation is 1. The van der Waals surface area contributed by atoms with Crippen molar-refractivity contribution in [3.05, 3.63) is 33.9 Å². The summed E-state index contributed by atoms with van der Waals surface area (Å²) in [5.74, 6) is 0. The van der Waals surface area contributed by atoms with E-state index in [4.69, 9.17) is 4.74 Å². The minimum atomic E-state index is -0.322. The fourth-order valence-electron chi connectivity index (χ4n) is 3.08. The van der Waals surface area contributed by atoms with Gasteiger partial charge in [0.05, 0.1) is 11.0 Å². The fourth-order valence-corrected chi connectivity index (χ4v) is 3.08. The summed E-state index contributed by atoms with van der Waals surface area (Å²) in [7, 11) is 0. The number of nitrogens with one attached hydrogen (secondary N) is 1. The first-order chi connectivity index (χ1) is 9.92. The zero-order valence-corrected chi connectivity index (χ0v) is 13.2. The molecule has 0 amide bonds. The van der Waals surface area contributed by atoms with E-state index < -0.39 is 0 Å². The van der Waals surface area contributed by atoms with Crippen LogP contribution in [0.5, 0.6) is 0 Å². The van der Waals surface area contributed by atoms with Crippen LogP contribution in [0.15, 0.2) is 18.2 Å². The largest absolute Gasteiger partial charge is 0.378 e. The molecule has 0 saturated heterocycles. The lowest BCUT2D eigenvalue weighted by molar-refractivity contribution is -0.384. The number of rotatable bonds is 6. The Hall–Kier alpha value is -1.62. The first-order valence-electron chi connectivity index (χ1n) is 7.55. The molecule has 0 spiro atoms. The normalized spacial score (nSPS) is 28.0. The monoisotopic (exact) mass is 292 g/mol. The maximum Gasteiger partial charge on any atom is 0.292 e. The van der Waals surface area contributed by atoms with E-state index in [0.29, 0.717) is 12.3 Å². The lowest BCUT2D eigenvalue weighted by Gasteiger charge is -2.53. The molecule has 5 heteroatoms. The standard InChI is InChI=1S/C16H24N2O3/c1-5-16(4)14(10-15(16)21-6-2)17-12-8-7-11(3)9-13(12)18(19)20/h7-9,14-15,17H,5-6,10H2,1-4H3. The molecule has 0 heterocycles. The maximum absolute atomic E-state index is 11.2. The summed E-state index contributed by atoms with van der Waals surface area (Å²) in [5.41, 5.74) is 1.67. The van der Waals surface area contributed by atoms with E-state index in [1.165, 1.54) is 0 Å². The van der Waals surface area contributed by atoms with Crippen molar-refractivity contribution in [3.63, 3.8) is 0 Å². The highest BCUT2D eigenvalue weighted by Crippen LogP contribution is 2.47. The third kappa shape index (κ3) is 2.88. The van der Waals surface area contributed by atoms with E-state index in [-0.39, 0.29) is 28.2 Å². The van der Waals surface area contributed by atoms with E-state index in [1.807, 2.05) is 19.9 Å². The fraction of sp³-hybridized carbons (Fsp3) is 0.625. The van der Waals surface area contributed by atoms with E-state index in [9.17, 15) is 10.1 Å². The van der Waals surface area contributed by atoms with Gasteiger partial charge in [0.1, 0.15) is 5.69 Å². The van der Waals surface area contributed by atoms with Crippen molar-refractivity contribution in [2.45, 2.75) is 52.7 Å². The minimum absolute atomic E-state index is 0.0226. The van der Waals surface area contributed by atoms with Crippen LogP contribution in [0.3, 0.4) is 0 Å². The number of hydrogen-bond donors (Lipinski definition) is 1. The molecule has 3 atom stereocenters. The second-order valence-electron chi connectivity index (χ2n) is 6.01. The zero-order valence-electron chi connectivity index (χ0n) is 13.2. The van der Waals surface area contributed by atoms with Gasteiger partial charge < -0.3 is 10.1 Å². The van der Waals surface area contributed by atoms with Crippen molar-refractivity contribution in [2.24, 2.45) is 5.41 Å². The predicted molar refractivity (Wildman–Crippen MR) is 83.7 cm³/mol. The maximum atomic E-state index is 11.2. The molecule has 1 aliphatic carbocycles. The number of hydrogen-bond acceptors (Lipinski definition) is 4. The summed E-state index contributed by atoms with van der Waals surface area (Å²) < 4.78 is 5.78. The second kappa shape index (κ2) is 6.02. The molecule has 0 aromatic heterocycles. The van der Waals surface area contributed by atoms with E-state index >= 15 is 0 Å². The number of ether oxygens (including phenoxy) is 1. The summed E-state index contributed by atoms with van der Waals surface area (Å²) in [6.45, 7) is 8.90. The highest BCUT2D eigenvalue weighted by Gasteiger charge is 2.51. The van der Waals surface area contributed by atoms with E-state index in [2.05, 4.69) is 19.2 Å². The first kappa shape index (κ1) is 15.8. The lowest BCUT2D eigenvalue weighted by Crippen LogP contribution is -2.59. The van der Waals surface area contributed by atoms with Gasteiger partial charge >= 0.3 is 0 Å². The van der Waals surface area contributed by atoms with Gasteiger partial charge in [0.2, 0.25) is 0 Å². The van der Waals surface area contributed by atoms with Crippen molar-refractivity contribution >= 4 is 11.4 Å². The molecule has 5 nitrogen and oxygen atoms in total. The summed E-state index contributed by atoms with van der Waals surface area (Å²) >= 11 is 0. The van der Waals surface area contributed by atoms with Crippen LogP contribution in [-0.4, -0.2) is 23.7 Å². The van der Waals surface area contributed by atoms with Gasteiger partial charge in [-0.25, -0.2) is 0 Å². The lowest BCUT2D eigenvalue weighted by atomic mass is 9.61. The Morgan fingerprint density at radius 1 is 1.48 bits per heavy atom. The molecular weight excluding hydrogens is 268 g/mol. The van der Waals surface area contributed by atoms with Crippen LogP contribution in [0.4, 0.5) is 11.4 Å². The van der Waals surface area contributed by atoms with Crippen molar-refractivity contribution in [1.29, 1.82) is 0 Å². The predicted octanol–water partition coefficient (Wildman–Crippen LogP) is 3.91. The number of anilines is 1. The second-order valence-corrected chi connectivity index (χ2v) is 6.01. The third-order valence-electron chi connectivity index (χ3n) is 4.79. The van der Waals surface area contributed by atoms with Crippen LogP contribution in [0.1, 0.15) is 39.2 Å². The minimum Gasteiger partial charge on any atom is -0.378 e. The number of nitro groups is 1. The van der Waals surface area contributed by atoms with Gasteiger partial charge in [0.15, 0.2) is 0 Å². The van der Waals surface area contributed by atoms with Gasteiger partial charge in [0, 0.05) is 24.1 Å². The van der Waals surface area contributed by atoms with E-state index in [0.717, 1.165) is 18.4 Å². The van der Waals surface area contributed by atoms with Gasteiger partial charge in [-0.15, -0.1) is 0 Å². The molecule has 3 unspecified atom stereocenters. The van der Waals surface area contributed by atoms with Crippen LogP contribution in [0, 0.1) is 22.5 Å². The van der Waals surface area contributed by atoms with Gasteiger partial charge in [-0.1, -0.05) is 19.9 Å². The van der Waals surface area contributed by atoms with Gasteiger partial charge in [0.25, 0.3) is 5.69 Å². The number of nitro benzene ring substituents is 1. The van der Waals surface area contributed by atoms with Gasteiger partial charge in [-0.3, -0.25) is 10.1 Å². The van der Waals surface area contributed by atoms with Crippen molar-refractivity contribution in [3.8, 4) is 0 Å². The molecule has 1 aromatic carbocycles.